The quantitative estimate of drug-likeness (QED) is 0.901. The first-order valence-corrected chi connectivity index (χ1v) is 8.01. The van der Waals surface area contributed by atoms with Gasteiger partial charge in [-0.2, -0.15) is 0 Å². The fourth-order valence-corrected chi connectivity index (χ4v) is 5.03. The second-order valence-corrected chi connectivity index (χ2v) is 7.93. The van der Waals surface area contributed by atoms with Gasteiger partial charge in [0.05, 0.1) is 16.9 Å². The zero-order valence-electron chi connectivity index (χ0n) is 11.3. The zero-order valence-corrected chi connectivity index (χ0v) is 13.7. The highest BCUT2D eigenvalue weighted by molar-refractivity contribution is 9.10. The summed E-state index contributed by atoms with van der Waals surface area (Å²) < 4.78 is 20.4. The molecule has 1 aromatic rings. The predicted octanol–water partition coefficient (Wildman–Crippen LogP) is 3.27. The number of thioether (sulfide) groups is 1. The summed E-state index contributed by atoms with van der Waals surface area (Å²) in [6.45, 7) is 2.58. The van der Waals surface area contributed by atoms with Crippen molar-refractivity contribution in [1.29, 1.82) is 0 Å². The van der Waals surface area contributed by atoms with Gasteiger partial charge in [0.25, 0.3) is 0 Å². The Balaban J connectivity index is 2.07. The van der Waals surface area contributed by atoms with E-state index in [1.807, 2.05) is 6.92 Å². The molecule has 1 saturated carbocycles. The average molecular weight is 359 g/mol. The van der Waals surface area contributed by atoms with Gasteiger partial charge in [-0.15, -0.1) is 0 Å². The summed E-state index contributed by atoms with van der Waals surface area (Å²) in [6, 6.07) is 4.97. The van der Waals surface area contributed by atoms with Crippen LogP contribution in [0, 0.1) is 11.7 Å². The third kappa shape index (κ3) is 2.09. The topological polar surface area (TPSA) is 47.6 Å². The van der Waals surface area contributed by atoms with Crippen molar-refractivity contribution in [1.82, 2.24) is 0 Å². The molecule has 0 bridgehead atoms. The Bertz CT molecular complexity index is 597. The van der Waals surface area contributed by atoms with E-state index < -0.39 is 5.54 Å². The molecule has 6 heteroatoms. The number of benzene rings is 1. The van der Waals surface area contributed by atoms with Gasteiger partial charge in [-0.1, -0.05) is 27.7 Å². The molecule has 1 aliphatic carbocycles. The standard InChI is InChI=1S/C14H16BrFN2OS/c1-13(9-5-8(15)3-4-10(9)16)11-6-14(11,7-19-2)20-12(17)18-13/h3-5,11H,6-7H2,1-2H3,(H2,17,18)/t11-,13+,14+/m0/s1. The lowest BCUT2D eigenvalue weighted by atomic mass is 9.86. The van der Waals surface area contributed by atoms with Crippen LogP contribution in [0.2, 0.25) is 0 Å². The Kier molecular flexibility index (Phi) is 3.38. The SMILES string of the molecule is COC[C@]12C[C@H]1[C@@](C)(c1cc(Br)ccc1F)N=C(N)S2. The third-order valence-electron chi connectivity index (χ3n) is 4.22. The molecule has 1 aromatic carbocycles. The second kappa shape index (κ2) is 4.71. The largest absolute Gasteiger partial charge is 0.383 e. The third-order valence-corrected chi connectivity index (χ3v) is 5.98. The van der Waals surface area contributed by atoms with Crippen molar-refractivity contribution >= 4 is 32.9 Å². The molecule has 0 amide bonds. The monoisotopic (exact) mass is 358 g/mol. The van der Waals surface area contributed by atoms with Crippen LogP contribution < -0.4 is 5.73 Å². The minimum atomic E-state index is -0.623. The molecule has 108 valence electrons. The Hall–Kier alpha value is -0.590. The second-order valence-electron chi connectivity index (χ2n) is 5.58. The van der Waals surface area contributed by atoms with Gasteiger partial charge in [0.15, 0.2) is 5.17 Å². The zero-order chi connectivity index (χ0) is 14.5. The van der Waals surface area contributed by atoms with Crippen molar-refractivity contribution in [2.75, 3.05) is 13.7 Å². The van der Waals surface area contributed by atoms with E-state index in [1.165, 1.54) is 6.07 Å². The number of hydrogen-bond acceptors (Lipinski definition) is 4. The minimum absolute atomic E-state index is 0.0515. The maximum absolute atomic E-state index is 14.3. The van der Waals surface area contributed by atoms with E-state index in [1.54, 1.807) is 31.0 Å². The van der Waals surface area contributed by atoms with Gasteiger partial charge < -0.3 is 10.5 Å². The molecule has 2 N–H and O–H groups in total. The fraction of sp³-hybridized carbons (Fsp3) is 0.500. The molecule has 0 unspecified atom stereocenters. The van der Waals surface area contributed by atoms with Crippen LogP contribution in [-0.2, 0) is 10.3 Å². The number of hydrogen-bond donors (Lipinski definition) is 1. The molecule has 0 radical (unpaired) electrons. The predicted molar refractivity (Wildman–Crippen MR) is 83.4 cm³/mol. The van der Waals surface area contributed by atoms with Crippen LogP contribution in [-0.4, -0.2) is 23.6 Å². The number of nitrogens with two attached hydrogens (primary N) is 1. The normalized spacial score (nSPS) is 35.4. The lowest BCUT2D eigenvalue weighted by Gasteiger charge is -2.34. The molecule has 3 nitrogen and oxygen atoms in total. The van der Waals surface area contributed by atoms with Gasteiger partial charge in [-0.25, -0.2) is 4.39 Å². The molecule has 2 aliphatic rings. The minimum Gasteiger partial charge on any atom is -0.383 e. The lowest BCUT2D eigenvalue weighted by Crippen LogP contribution is -2.37. The van der Waals surface area contributed by atoms with Gasteiger partial charge in [0, 0.05) is 23.1 Å². The first kappa shape index (κ1) is 14.4. The van der Waals surface area contributed by atoms with Crippen LogP contribution in [0.5, 0.6) is 0 Å². The first-order valence-electron chi connectivity index (χ1n) is 6.40. The molecule has 3 rings (SSSR count). The summed E-state index contributed by atoms with van der Waals surface area (Å²) in [6.07, 6.45) is 0.943. The summed E-state index contributed by atoms with van der Waals surface area (Å²) in [5, 5.41) is 0.512. The van der Waals surface area contributed by atoms with E-state index in [9.17, 15) is 4.39 Å². The first-order chi connectivity index (χ1) is 9.41. The highest BCUT2D eigenvalue weighted by Crippen LogP contribution is 2.65. The van der Waals surface area contributed by atoms with Crippen LogP contribution in [0.15, 0.2) is 27.7 Å². The van der Waals surface area contributed by atoms with Gasteiger partial charge >= 0.3 is 0 Å². The van der Waals surface area contributed by atoms with Crippen molar-refractivity contribution in [2.45, 2.75) is 23.6 Å². The van der Waals surface area contributed by atoms with Crippen molar-refractivity contribution in [3.63, 3.8) is 0 Å². The Morgan fingerprint density at radius 2 is 2.35 bits per heavy atom. The van der Waals surface area contributed by atoms with Gasteiger partial charge in [-0.05, 0) is 31.5 Å². The molecule has 0 spiro atoms. The van der Waals surface area contributed by atoms with E-state index >= 15 is 0 Å². The maximum Gasteiger partial charge on any atom is 0.155 e. The number of nitrogens with zero attached hydrogens (tertiary/aromatic N) is 1. The summed E-state index contributed by atoms with van der Waals surface area (Å²) in [7, 11) is 1.68. The van der Waals surface area contributed by atoms with Crippen LogP contribution in [0.25, 0.3) is 0 Å². The van der Waals surface area contributed by atoms with Crippen LogP contribution in [0.4, 0.5) is 4.39 Å². The molecule has 0 saturated heterocycles. The number of aliphatic imine (C=N–C) groups is 1. The average Bonchev–Trinajstić information content (AvgIpc) is 3.07. The number of methoxy groups -OCH3 is 1. The summed E-state index contributed by atoms with van der Waals surface area (Å²) in [5.41, 5.74) is 5.96. The number of halogens is 2. The molecule has 1 heterocycles. The van der Waals surface area contributed by atoms with Crippen LogP contribution in [0.1, 0.15) is 18.9 Å². The Morgan fingerprint density at radius 3 is 3.05 bits per heavy atom. The highest BCUT2D eigenvalue weighted by atomic mass is 79.9. The molecule has 3 atom stereocenters. The van der Waals surface area contributed by atoms with Crippen molar-refractivity contribution < 1.29 is 9.13 Å². The smallest absolute Gasteiger partial charge is 0.155 e. The van der Waals surface area contributed by atoms with Crippen molar-refractivity contribution in [2.24, 2.45) is 16.6 Å². The Labute approximate surface area is 130 Å². The molecule has 20 heavy (non-hydrogen) atoms. The molecular formula is C14H16BrFN2OS. The summed E-state index contributed by atoms with van der Waals surface area (Å²) in [4.78, 5) is 4.58. The van der Waals surface area contributed by atoms with E-state index in [2.05, 4.69) is 20.9 Å². The van der Waals surface area contributed by atoms with E-state index in [4.69, 9.17) is 10.5 Å². The van der Waals surface area contributed by atoms with Gasteiger partial charge in [0.2, 0.25) is 0 Å². The van der Waals surface area contributed by atoms with Crippen molar-refractivity contribution in [3.05, 3.63) is 34.1 Å². The van der Waals surface area contributed by atoms with Crippen LogP contribution >= 0.6 is 27.7 Å². The number of amidine groups is 1. The van der Waals surface area contributed by atoms with E-state index in [0.717, 1.165) is 10.9 Å². The number of rotatable bonds is 3. The molecule has 1 fully saturated rings. The van der Waals surface area contributed by atoms with E-state index in [-0.39, 0.29) is 16.5 Å². The maximum atomic E-state index is 14.3. The summed E-state index contributed by atoms with van der Waals surface area (Å²) >= 11 is 4.97. The lowest BCUT2D eigenvalue weighted by molar-refractivity contribution is 0.184. The summed E-state index contributed by atoms with van der Waals surface area (Å²) in [5.74, 6) is 0.00779. The number of fused-ring (bicyclic) bond motifs is 1. The van der Waals surface area contributed by atoms with Crippen LogP contribution in [0.3, 0.4) is 0 Å². The van der Waals surface area contributed by atoms with Gasteiger partial charge in [-0.3, -0.25) is 4.99 Å². The fourth-order valence-electron chi connectivity index (χ4n) is 3.21. The number of ether oxygens (including phenoxy) is 1. The van der Waals surface area contributed by atoms with E-state index in [0.29, 0.717) is 17.3 Å². The molecule has 1 aliphatic heterocycles. The Morgan fingerprint density at radius 1 is 1.60 bits per heavy atom. The molecular weight excluding hydrogens is 343 g/mol. The molecule has 0 aromatic heterocycles. The van der Waals surface area contributed by atoms with Gasteiger partial charge in [0.1, 0.15) is 5.82 Å². The van der Waals surface area contributed by atoms with Crippen molar-refractivity contribution in [3.8, 4) is 0 Å². The highest BCUT2D eigenvalue weighted by Gasteiger charge is 2.66.